The quantitative estimate of drug-likeness (QED) is 0.667. The number of benzene rings is 1. The minimum atomic E-state index is 0.586. The first-order valence-electron chi connectivity index (χ1n) is 6.73. The molecule has 0 bridgehead atoms. The van der Waals surface area contributed by atoms with Gasteiger partial charge in [-0.3, -0.25) is 0 Å². The fourth-order valence-corrected chi connectivity index (χ4v) is 2.73. The molecule has 0 aromatic heterocycles. The molecule has 1 aromatic carbocycles. The predicted octanol–water partition coefficient (Wildman–Crippen LogP) is 4.57. The molecule has 1 aromatic rings. The van der Waals surface area contributed by atoms with Gasteiger partial charge in [0.2, 0.25) is 0 Å². The maximum atomic E-state index is 6.09. The fraction of sp³-hybridized carbons (Fsp3) is 0.600. The molecule has 1 rings (SSSR count). The Hall–Kier alpha value is -0.180. The van der Waals surface area contributed by atoms with Crippen molar-refractivity contribution in [2.75, 3.05) is 25.1 Å². The van der Waals surface area contributed by atoms with E-state index >= 15 is 0 Å². The monoisotopic (exact) mass is 285 g/mol. The first-order chi connectivity index (χ1) is 8.77. The summed E-state index contributed by atoms with van der Waals surface area (Å²) in [6.07, 6.45) is 5.86. The molecule has 0 aliphatic carbocycles. The third-order valence-electron chi connectivity index (χ3n) is 3.04. The lowest BCUT2D eigenvalue weighted by Crippen LogP contribution is -2.22. The molecule has 0 saturated carbocycles. The molecule has 1 nitrogen and oxygen atoms in total. The van der Waals surface area contributed by atoms with Crippen LogP contribution in [-0.4, -0.2) is 25.1 Å². The second kappa shape index (κ2) is 9.71. The molecule has 1 N–H and O–H groups in total. The molecular weight excluding hydrogens is 262 g/mol. The van der Waals surface area contributed by atoms with Crippen LogP contribution in [0.1, 0.15) is 37.7 Å². The Morgan fingerprint density at radius 3 is 2.89 bits per heavy atom. The van der Waals surface area contributed by atoms with Crippen molar-refractivity contribution < 1.29 is 0 Å². The summed E-state index contributed by atoms with van der Waals surface area (Å²) in [6.45, 7) is 4.36. The average molecular weight is 286 g/mol. The van der Waals surface area contributed by atoms with Crippen molar-refractivity contribution in [3.8, 4) is 0 Å². The highest BCUT2D eigenvalue weighted by molar-refractivity contribution is 7.98. The minimum Gasteiger partial charge on any atom is -0.316 e. The van der Waals surface area contributed by atoms with Crippen LogP contribution in [0, 0.1) is 0 Å². The molecule has 1 unspecified atom stereocenters. The summed E-state index contributed by atoms with van der Waals surface area (Å²) in [5.74, 6) is 1.83. The molecule has 3 heteroatoms. The van der Waals surface area contributed by atoms with Gasteiger partial charge in [-0.05, 0) is 61.4 Å². The van der Waals surface area contributed by atoms with E-state index in [0.717, 1.165) is 18.1 Å². The van der Waals surface area contributed by atoms with Gasteiger partial charge in [0.05, 0.1) is 0 Å². The maximum absolute atomic E-state index is 6.09. The van der Waals surface area contributed by atoms with Gasteiger partial charge in [0, 0.05) is 11.6 Å². The first-order valence-corrected chi connectivity index (χ1v) is 8.50. The van der Waals surface area contributed by atoms with Crippen LogP contribution in [0.2, 0.25) is 5.02 Å². The Labute approximate surface area is 121 Å². The summed E-state index contributed by atoms with van der Waals surface area (Å²) in [4.78, 5) is 0. The van der Waals surface area contributed by atoms with Gasteiger partial charge in [-0.2, -0.15) is 11.8 Å². The third kappa shape index (κ3) is 6.12. The van der Waals surface area contributed by atoms with Crippen molar-refractivity contribution in [3.63, 3.8) is 0 Å². The average Bonchev–Trinajstić information content (AvgIpc) is 2.37. The van der Waals surface area contributed by atoms with E-state index in [2.05, 4.69) is 36.7 Å². The molecule has 0 heterocycles. The van der Waals surface area contributed by atoms with Crippen molar-refractivity contribution in [3.05, 3.63) is 34.9 Å². The van der Waals surface area contributed by atoms with Gasteiger partial charge in [-0.15, -0.1) is 0 Å². The van der Waals surface area contributed by atoms with Crippen molar-refractivity contribution >= 4 is 23.4 Å². The topological polar surface area (TPSA) is 12.0 Å². The van der Waals surface area contributed by atoms with Crippen LogP contribution >= 0.6 is 23.4 Å². The smallest absolute Gasteiger partial charge is 0.0408 e. The molecular formula is C15H24ClNS. The lowest BCUT2D eigenvalue weighted by molar-refractivity contribution is 0.545. The highest BCUT2D eigenvalue weighted by Crippen LogP contribution is 2.24. The number of thioether (sulfide) groups is 1. The van der Waals surface area contributed by atoms with E-state index in [1.807, 2.05) is 17.8 Å². The summed E-state index contributed by atoms with van der Waals surface area (Å²) in [5.41, 5.74) is 1.37. The summed E-state index contributed by atoms with van der Waals surface area (Å²) >= 11 is 8.01. The first kappa shape index (κ1) is 15.9. The Bertz CT molecular complexity index is 320. The highest BCUT2D eigenvalue weighted by atomic mass is 35.5. The van der Waals surface area contributed by atoms with Gasteiger partial charge in [-0.25, -0.2) is 0 Å². The molecule has 1 atom stereocenters. The lowest BCUT2D eigenvalue weighted by atomic mass is 9.94. The third-order valence-corrected chi connectivity index (χ3v) is 3.97. The number of hydrogen-bond donors (Lipinski definition) is 1. The largest absolute Gasteiger partial charge is 0.316 e. The standard InChI is InChI=1S/C15H24ClNS/c1-3-9-17-12-14(7-5-10-18-2)13-6-4-8-15(16)11-13/h4,6,8,11,14,17H,3,5,7,9-10,12H2,1-2H3. The Morgan fingerprint density at radius 1 is 1.39 bits per heavy atom. The molecule has 0 spiro atoms. The van der Waals surface area contributed by atoms with Crippen molar-refractivity contribution in [1.29, 1.82) is 0 Å². The van der Waals surface area contributed by atoms with Crippen molar-refractivity contribution in [2.45, 2.75) is 32.1 Å². The molecule has 18 heavy (non-hydrogen) atoms. The number of rotatable bonds is 9. The number of hydrogen-bond acceptors (Lipinski definition) is 2. The molecule has 0 fully saturated rings. The maximum Gasteiger partial charge on any atom is 0.0408 e. The molecule has 102 valence electrons. The van der Waals surface area contributed by atoms with Crippen LogP contribution in [-0.2, 0) is 0 Å². The SMILES string of the molecule is CCCNCC(CCCSC)c1cccc(Cl)c1. The Balaban J connectivity index is 2.57. The summed E-state index contributed by atoms with van der Waals surface area (Å²) < 4.78 is 0. The van der Waals surface area contributed by atoms with Gasteiger partial charge < -0.3 is 5.32 Å². The van der Waals surface area contributed by atoms with Crippen LogP contribution in [0.3, 0.4) is 0 Å². The van der Waals surface area contributed by atoms with Crippen LogP contribution in [0.15, 0.2) is 24.3 Å². The second-order valence-electron chi connectivity index (χ2n) is 4.59. The zero-order valence-electron chi connectivity index (χ0n) is 11.4. The van der Waals surface area contributed by atoms with Crippen molar-refractivity contribution in [2.24, 2.45) is 0 Å². The van der Waals surface area contributed by atoms with Crippen LogP contribution < -0.4 is 5.32 Å². The zero-order valence-corrected chi connectivity index (χ0v) is 13.0. The summed E-state index contributed by atoms with van der Waals surface area (Å²) in [5, 5.41) is 4.38. The van der Waals surface area contributed by atoms with E-state index in [0.29, 0.717) is 5.92 Å². The number of nitrogens with one attached hydrogen (secondary N) is 1. The fourth-order valence-electron chi connectivity index (χ4n) is 2.07. The molecule has 0 amide bonds. The van der Waals surface area contributed by atoms with Gasteiger partial charge in [0.15, 0.2) is 0 Å². The molecule has 0 aliphatic heterocycles. The summed E-state index contributed by atoms with van der Waals surface area (Å²) in [6, 6.07) is 8.31. The van der Waals surface area contributed by atoms with Crippen LogP contribution in [0.4, 0.5) is 0 Å². The molecule has 0 aliphatic rings. The lowest BCUT2D eigenvalue weighted by Gasteiger charge is -2.18. The Morgan fingerprint density at radius 2 is 2.22 bits per heavy atom. The second-order valence-corrected chi connectivity index (χ2v) is 6.01. The normalized spacial score (nSPS) is 12.6. The van der Waals surface area contributed by atoms with E-state index in [4.69, 9.17) is 11.6 Å². The zero-order chi connectivity index (χ0) is 13.2. The van der Waals surface area contributed by atoms with E-state index in [1.165, 1.54) is 30.6 Å². The van der Waals surface area contributed by atoms with Crippen LogP contribution in [0.5, 0.6) is 0 Å². The summed E-state index contributed by atoms with van der Waals surface area (Å²) in [7, 11) is 0. The molecule has 0 radical (unpaired) electrons. The predicted molar refractivity (Wildman–Crippen MR) is 85.0 cm³/mol. The van der Waals surface area contributed by atoms with Crippen LogP contribution in [0.25, 0.3) is 0 Å². The van der Waals surface area contributed by atoms with Gasteiger partial charge in [0.25, 0.3) is 0 Å². The minimum absolute atomic E-state index is 0.586. The van der Waals surface area contributed by atoms with Gasteiger partial charge in [-0.1, -0.05) is 30.7 Å². The van der Waals surface area contributed by atoms with E-state index in [1.54, 1.807) is 0 Å². The van der Waals surface area contributed by atoms with Crippen molar-refractivity contribution in [1.82, 2.24) is 5.32 Å². The van der Waals surface area contributed by atoms with E-state index in [-0.39, 0.29) is 0 Å². The Kier molecular flexibility index (Phi) is 8.57. The number of halogens is 1. The highest BCUT2D eigenvalue weighted by Gasteiger charge is 2.11. The van der Waals surface area contributed by atoms with E-state index in [9.17, 15) is 0 Å². The van der Waals surface area contributed by atoms with Gasteiger partial charge >= 0.3 is 0 Å². The van der Waals surface area contributed by atoms with Gasteiger partial charge in [0.1, 0.15) is 0 Å². The van der Waals surface area contributed by atoms with E-state index < -0.39 is 0 Å². The molecule has 0 saturated heterocycles.